The molecule has 34 heavy (non-hydrogen) atoms. The number of carbonyl (C=O) groups is 1. The van der Waals surface area contributed by atoms with Crippen molar-refractivity contribution in [3.8, 4) is 11.5 Å². The Morgan fingerprint density at radius 2 is 1.85 bits per heavy atom. The molecule has 174 valence electrons. The second kappa shape index (κ2) is 11.1. The number of nitrogens with zero attached hydrogens (tertiary/aromatic N) is 1. The van der Waals surface area contributed by atoms with Crippen LogP contribution in [0.1, 0.15) is 29.2 Å². The van der Waals surface area contributed by atoms with Gasteiger partial charge in [0.2, 0.25) is 5.90 Å². The van der Waals surface area contributed by atoms with Crippen LogP contribution in [0.25, 0.3) is 6.08 Å². The van der Waals surface area contributed by atoms with Gasteiger partial charge in [-0.3, -0.25) is 0 Å². The van der Waals surface area contributed by atoms with Crippen LogP contribution >= 0.6 is 56.8 Å². The van der Waals surface area contributed by atoms with Crippen molar-refractivity contribution in [1.82, 2.24) is 0 Å². The molecule has 0 radical (unpaired) electrons. The zero-order chi connectivity index (χ0) is 24.2. The molecule has 0 amide bonds. The van der Waals surface area contributed by atoms with E-state index in [0.717, 1.165) is 23.8 Å². The van der Waals surface area contributed by atoms with Gasteiger partial charge in [-0.25, -0.2) is 9.79 Å². The lowest BCUT2D eigenvalue weighted by molar-refractivity contribution is -0.129. The molecule has 1 aliphatic rings. The Hall–Kier alpha value is -2.11. The average Bonchev–Trinajstić information content (AvgIpc) is 3.16. The Morgan fingerprint density at radius 1 is 1.06 bits per heavy atom. The molecule has 0 atom stereocenters. The second-order valence-corrected chi connectivity index (χ2v) is 10.2. The number of aryl methyl sites for hydroxylation is 1. The fourth-order valence-electron chi connectivity index (χ4n) is 3.31. The Balaban J connectivity index is 1.62. The van der Waals surface area contributed by atoms with Gasteiger partial charge in [0.25, 0.3) is 0 Å². The van der Waals surface area contributed by atoms with Gasteiger partial charge in [0, 0.05) is 18.3 Å². The highest BCUT2D eigenvalue weighted by atomic mass is 127. The van der Waals surface area contributed by atoms with E-state index in [4.69, 9.17) is 25.8 Å². The van der Waals surface area contributed by atoms with Gasteiger partial charge in [-0.05, 0) is 113 Å². The van der Waals surface area contributed by atoms with E-state index in [9.17, 15) is 4.79 Å². The van der Waals surface area contributed by atoms with E-state index in [0.29, 0.717) is 35.3 Å². The van der Waals surface area contributed by atoms with E-state index in [1.54, 1.807) is 18.2 Å². The summed E-state index contributed by atoms with van der Waals surface area (Å²) in [4.78, 5) is 16.9. The van der Waals surface area contributed by atoms with E-state index in [-0.39, 0.29) is 11.6 Å². The topological polar surface area (TPSA) is 57.1 Å². The fraction of sp³-hybridized carbons (Fsp3) is 0.154. The van der Waals surface area contributed by atoms with E-state index < -0.39 is 5.97 Å². The van der Waals surface area contributed by atoms with Crippen molar-refractivity contribution >= 4 is 74.7 Å². The van der Waals surface area contributed by atoms with Gasteiger partial charge in [-0.1, -0.05) is 29.8 Å². The number of hydrogen-bond acceptors (Lipinski definition) is 5. The monoisotopic (exact) mass is 699 g/mol. The summed E-state index contributed by atoms with van der Waals surface area (Å²) in [6.45, 7) is 4.68. The van der Waals surface area contributed by atoms with Gasteiger partial charge in [-0.15, -0.1) is 0 Å². The molecule has 0 aliphatic carbocycles. The Labute approximate surface area is 230 Å². The number of carbonyl (C=O) groups excluding carboxylic acids is 1. The van der Waals surface area contributed by atoms with Crippen molar-refractivity contribution in [1.29, 1.82) is 0 Å². The molecule has 0 fully saturated rings. The molecule has 3 aromatic rings. The highest BCUT2D eigenvalue weighted by molar-refractivity contribution is 14.1. The molecule has 0 saturated heterocycles. The third kappa shape index (κ3) is 5.75. The van der Waals surface area contributed by atoms with Crippen LogP contribution in [0.15, 0.2) is 65.3 Å². The average molecular weight is 700 g/mol. The minimum Gasteiger partial charge on any atom is -0.490 e. The molecular weight excluding hydrogens is 680 g/mol. The zero-order valence-corrected chi connectivity index (χ0v) is 23.5. The summed E-state index contributed by atoms with van der Waals surface area (Å²) in [5.74, 6) is 0.720. The molecule has 0 N–H and O–H groups in total. The number of rotatable bonds is 7. The van der Waals surface area contributed by atoms with Crippen LogP contribution in [-0.4, -0.2) is 18.5 Å². The molecular formula is C26H20ClI2NO4. The van der Waals surface area contributed by atoms with Crippen molar-refractivity contribution in [3.05, 3.63) is 94.7 Å². The molecule has 0 unspecified atom stereocenters. The van der Waals surface area contributed by atoms with Crippen LogP contribution in [0.2, 0.25) is 5.02 Å². The van der Waals surface area contributed by atoms with Crippen molar-refractivity contribution in [2.75, 3.05) is 6.61 Å². The normalized spacial score (nSPS) is 14.2. The van der Waals surface area contributed by atoms with Crippen molar-refractivity contribution in [2.24, 2.45) is 4.99 Å². The lowest BCUT2D eigenvalue weighted by atomic mass is 10.1. The molecule has 0 spiro atoms. The number of halogens is 3. The number of aliphatic imine (C=N–C) groups is 1. The largest absolute Gasteiger partial charge is 0.490 e. The van der Waals surface area contributed by atoms with Gasteiger partial charge in [-0.2, -0.15) is 0 Å². The molecule has 0 saturated carbocycles. The van der Waals surface area contributed by atoms with Crippen LogP contribution < -0.4 is 9.47 Å². The minimum atomic E-state index is -0.515. The molecule has 5 nitrogen and oxygen atoms in total. The maximum Gasteiger partial charge on any atom is 0.363 e. The standard InChI is InChI=1S/C26H20ClI2NO4/c1-3-32-23-13-16(11-19(27)24(23)33-14-18-6-4-5-7-21(18)29)12-22-26(31)34-25(30-22)17-8-9-20(28)15(2)10-17/h4-13H,3,14H2,1-2H3/b22-12-. The molecule has 4 rings (SSSR count). The Bertz CT molecular complexity index is 1320. The summed E-state index contributed by atoms with van der Waals surface area (Å²) in [5.41, 5.74) is 3.74. The van der Waals surface area contributed by atoms with Gasteiger partial charge in [0.05, 0.1) is 11.6 Å². The van der Waals surface area contributed by atoms with Crippen LogP contribution in [0.5, 0.6) is 11.5 Å². The molecule has 3 aromatic carbocycles. The van der Waals surface area contributed by atoms with E-state index >= 15 is 0 Å². The number of hydrogen-bond donors (Lipinski definition) is 0. The number of cyclic esters (lactones) is 1. The predicted molar refractivity (Wildman–Crippen MR) is 151 cm³/mol. The van der Waals surface area contributed by atoms with Crippen molar-refractivity contribution in [3.63, 3.8) is 0 Å². The fourth-order valence-corrected chi connectivity index (χ4v) is 4.46. The minimum absolute atomic E-state index is 0.192. The first-order chi connectivity index (χ1) is 16.4. The smallest absolute Gasteiger partial charge is 0.363 e. The highest BCUT2D eigenvalue weighted by Crippen LogP contribution is 2.38. The van der Waals surface area contributed by atoms with Crippen LogP contribution in [0.4, 0.5) is 0 Å². The third-order valence-electron chi connectivity index (χ3n) is 4.99. The molecule has 1 aliphatic heterocycles. The summed E-state index contributed by atoms with van der Waals surface area (Å²) >= 11 is 11.1. The summed E-state index contributed by atoms with van der Waals surface area (Å²) in [5, 5.41) is 0.382. The highest BCUT2D eigenvalue weighted by Gasteiger charge is 2.25. The summed E-state index contributed by atoms with van der Waals surface area (Å²) in [7, 11) is 0. The van der Waals surface area contributed by atoms with Crippen LogP contribution in [-0.2, 0) is 16.1 Å². The van der Waals surface area contributed by atoms with Crippen LogP contribution in [0.3, 0.4) is 0 Å². The predicted octanol–water partition coefficient (Wildman–Crippen LogP) is 7.18. The molecule has 0 bridgehead atoms. The molecule has 8 heteroatoms. The van der Waals surface area contributed by atoms with Gasteiger partial charge in [0.1, 0.15) is 6.61 Å². The number of esters is 1. The quantitative estimate of drug-likeness (QED) is 0.149. The van der Waals surface area contributed by atoms with E-state index in [1.807, 2.05) is 56.3 Å². The summed E-state index contributed by atoms with van der Waals surface area (Å²) in [6.07, 6.45) is 1.63. The number of benzene rings is 3. The lowest BCUT2D eigenvalue weighted by Crippen LogP contribution is -2.05. The first-order valence-electron chi connectivity index (χ1n) is 10.5. The first-order valence-corrected chi connectivity index (χ1v) is 13.0. The maximum atomic E-state index is 12.5. The molecule has 1 heterocycles. The molecule has 0 aromatic heterocycles. The lowest BCUT2D eigenvalue weighted by Gasteiger charge is -2.15. The number of ether oxygens (including phenoxy) is 3. The van der Waals surface area contributed by atoms with E-state index in [2.05, 4.69) is 50.2 Å². The Morgan fingerprint density at radius 3 is 2.59 bits per heavy atom. The third-order valence-corrected chi connectivity index (χ3v) is 7.53. The van der Waals surface area contributed by atoms with Crippen molar-refractivity contribution < 1.29 is 19.0 Å². The van der Waals surface area contributed by atoms with Crippen molar-refractivity contribution in [2.45, 2.75) is 20.5 Å². The summed E-state index contributed by atoms with van der Waals surface area (Å²) < 4.78 is 19.5. The zero-order valence-electron chi connectivity index (χ0n) is 18.4. The van der Waals surface area contributed by atoms with E-state index in [1.165, 1.54) is 0 Å². The second-order valence-electron chi connectivity index (χ2n) is 7.44. The summed E-state index contributed by atoms with van der Waals surface area (Å²) in [6, 6.07) is 17.3. The SMILES string of the molecule is CCOc1cc(/C=C2\N=C(c3ccc(I)c(C)c3)OC2=O)cc(Cl)c1OCc1ccccc1I. The Kier molecular flexibility index (Phi) is 8.15. The maximum absolute atomic E-state index is 12.5. The van der Waals surface area contributed by atoms with Gasteiger partial charge < -0.3 is 14.2 Å². The van der Waals surface area contributed by atoms with Crippen LogP contribution in [0, 0.1) is 14.1 Å². The first kappa shape index (κ1) is 25.0. The van der Waals surface area contributed by atoms with Gasteiger partial charge >= 0.3 is 5.97 Å². The van der Waals surface area contributed by atoms with Gasteiger partial charge in [0.15, 0.2) is 17.2 Å².